The van der Waals surface area contributed by atoms with E-state index in [1.807, 2.05) is 0 Å². The lowest BCUT2D eigenvalue weighted by atomic mass is 10.3. The summed E-state index contributed by atoms with van der Waals surface area (Å²) in [5, 5.41) is 0. The van der Waals surface area contributed by atoms with Crippen molar-refractivity contribution in [3.05, 3.63) is 0 Å². The molecule has 0 saturated carbocycles. The molecule has 0 fully saturated rings. The molecule has 0 aromatic carbocycles. The average molecular weight is 280 g/mol. The second-order valence-corrected chi connectivity index (χ2v) is 2.71. The molecule has 17 heavy (non-hydrogen) atoms. The van der Waals surface area contributed by atoms with E-state index in [1.54, 1.807) is 0 Å². The van der Waals surface area contributed by atoms with Crippen LogP contribution in [-0.4, -0.2) is 38.0 Å². The van der Waals surface area contributed by atoms with Crippen LogP contribution in [0.1, 0.15) is 0 Å². The van der Waals surface area contributed by atoms with Gasteiger partial charge in [-0.15, -0.1) is 0 Å². The summed E-state index contributed by atoms with van der Waals surface area (Å²) in [5.74, 6) is 0. The van der Waals surface area contributed by atoms with Gasteiger partial charge in [0.15, 0.2) is 0 Å². The molecule has 0 spiro atoms. The zero-order chi connectivity index (χ0) is 13.9. The van der Waals surface area contributed by atoms with Crippen molar-refractivity contribution in [2.24, 2.45) is 0 Å². The lowest BCUT2D eigenvalue weighted by Gasteiger charge is -2.22. The molecular weight excluding hydrogens is 275 g/mol. The number of hydrogen-bond donors (Lipinski definition) is 0. The molecular formula is C6H5F9O2. The topological polar surface area (TPSA) is 18.5 Å². The van der Waals surface area contributed by atoms with Gasteiger partial charge in [-0.2, -0.15) is 39.5 Å². The molecule has 0 heterocycles. The fourth-order valence-electron chi connectivity index (χ4n) is 0.648. The first-order chi connectivity index (χ1) is 7.34. The van der Waals surface area contributed by atoms with Crippen molar-refractivity contribution in [3.8, 4) is 0 Å². The maximum absolute atomic E-state index is 11.8. The first-order valence-corrected chi connectivity index (χ1v) is 3.73. The van der Waals surface area contributed by atoms with Crippen LogP contribution in [0.4, 0.5) is 39.5 Å². The van der Waals surface area contributed by atoms with Crippen molar-refractivity contribution >= 4 is 0 Å². The van der Waals surface area contributed by atoms with Crippen molar-refractivity contribution in [3.63, 3.8) is 0 Å². The van der Waals surface area contributed by atoms with E-state index in [4.69, 9.17) is 0 Å². The van der Waals surface area contributed by atoms with Gasteiger partial charge < -0.3 is 9.47 Å². The second-order valence-electron chi connectivity index (χ2n) is 2.71. The largest absolute Gasteiger partial charge is 0.423 e. The normalized spacial score (nSPS) is 14.5. The van der Waals surface area contributed by atoms with Crippen LogP contribution in [0.5, 0.6) is 0 Å². The molecule has 0 N–H and O–H groups in total. The highest BCUT2D eigenvalue weighted by atomic mass is 19.4. The van der Waals surface area contributed by atoms with Crippen LogP contribution in [0.3, 0.4) is 0 Å². The Morgan fingerprint density at radius 1 is 0.765 bits per heavy atom. The van der Waals surface area contributed by atoms with E-state index in [0.717, 1.165) is 0 Å². The summed E-state index contributed by atoms with van der Waals surface area (Å²) in [5.41, 5.74) is 0. The summed E-state index contributed by atoms with van der Waals surface area (Å²) in [6, 6.07) is 0. The van der Waals surface area contributed by atoms with Crippen LogP contribution in [0.2, 0.25) is 0 Å². The van der Waals surface area contributed by atoms with Crippen LogP contribution in [0.25, 0.3) is 0 Å². The molecule has 11 heteroatoms. The van der Waals surface area contributed by atoms with Crippen molar-refractivity contribution in [2.45, 2.75) is 24.6 Å². The Bertz CT molecular complexity index is 213. The third kappa shape index (κ3) is 7.26. The van der Waals surface area contributed by atoms with Crippen LogP contribution in [0.15, 0.2) is 0 Å². The highest BCUT2D eigenvalue weighted by Crippen LogP contribution is 2.35. The maximum Gasteiger partial charge on any atom is 0.423 e. The summed E-state index contributed by atoms with van der Waals surface area (Å²) in [6.07, 6.45) is -20.6. The van der Waals surface area contributed by atoms with Crippen molar-refractivity contribution in [1.82, 2.24) is 0 Å². The Kier molecular flexibility index (Phi) is 5.07. The number of halogens is 9. The Balaban J connectivity index is 4.22. The summed E-state index contributed by atoms with van der Waals surface area (Å²) in [4.78, 5) is 0. The molecule has 0 aliphatic rings. The molecule has 104 valence electrons. The standard InChI is InChI=1S/C6H5F9O2/c7-4(8,9)1-16-2-17-3(5(10,11)12)6(13,14)15/h3H,1-2H2. The van der Waals surface area contributed by atoms with E-state index in [9.17, 15) is 39.5 Å². The minimum atomic E-state index is -5.78. The van der Waals surface area contributed by atoms with E-state index in [0.29, 0.717) is 0 Å². The summed E-state index contributed by atoms with van der Waals surface area (Å²) >= 11 is 0. The number of alkyl halides is 9. The molecule has 0 rings (SSSR count). The van der Waals surface area contributed by atoms with Gasteiger partial charge in [0.2, 0.25) is 0 Å². The van der Waals surface area contributed by atoms with Gasteiger partial charge in [-0.05, 0) is 0 Å². The Hall–Kier alpha value is -0.710. The zero-order valence-corrected chi connectivity index (χ0v) is 7.71. The summed E-state index contributed by atoms with van der Waals surface area (Å²) in [7, 11) is 0. The van der Waals surface area contributed by atoms with Gasteiger partial charge in [0, 0.05) is 0 Å². The molecule has 0 bridgehead atoms. The van der Waals surface area contributed by atoms with Gasteiger partial charge in [0.1, 0.15) is 13.4 Å². The summed E-state index contributed by atoms with van der Waals surface area (Å²) in [6.45, 7) is -3.78. The predicted octanol–water partition coefficient (Wildman–Crippen LogP) is 3.03. The fraction of sp³-hybridized carbons (Fsp3) is 1.00. The molecule has 0 amide bonds. The first kappa shape index (κ1) is 16.3. The molecule has 0 aliphatic heterocycles. The van der Waals surface area contributed by atoms with E-state index in [1.165, 1.54) is 0 Å². The van der Waals surface area contributed by atoms with Crippen LogP contribution >= 0.6 is 0 Å². The van der Waals surface area contributed by atoms with Gasteiger partial charge in [0.05, 0.1) is 0 Å². The molecule has 0 aromatic rings. The predicted molar refractivity (Wildman–Crippen MR) is 33.9 cm³/mol. The van der Waals surface area contributed by atoms with Crippen LogP contribution in [0, 0.1) is 0 Å². The maximum atomic E-state index is 11.8. The highest BCUT2D eigenvalue weighted by Gasteiger charge is 2.58. The van der Waals surface area contributed by atoms with E-state index >= 15 is 0 Å². The lowest BCUT2D eigenvalue weighted by Crippen LogP contribution is -2.44. The highest BCUT2D eigenvalue weighted by molar-refractivity contribution is 4.75. The van der Waals surface area contributed by atoms with Crippen LogP contribution < -0.4 is 0 Å². The molecule has 0 radical (unpaired) electrons. The third-order valence-electron chi connectivity index (χ3n) is 1.18. The average Bonchev–Trinajstić information content (AvgIpc) is 1.95. The minimum absolute atomic E-state index is 1.77. The molecule has 0 atom stereocenters. The van der Waals surface area contributed by atoms with Gasteiger partial charge in [0.25, 0.3) is 6.10 Å². The van der Waals surface area contributed by atoms with Gasteiger partial charge in [-0.3, -0.25) is 0 Å². The van der Waals surface area contributed by atoms with Gasteiger partial charge in [-0.25, -0.2) is 0 Å². The molecule has 0 aliphatic carbocycles. The SMILES string of the molecule is FC(F)(F)COCOC(C(F)(F)F)C(F)(F)F. The summed E-state index contributed by atoms with van der Waals surface area (Å²) < 4.78 is 111. The Morgan fingerprint density at radius 2 is 1.18 bits per heavy atom. The number of ether oxygens (including phenoxy) is 2. The first-order valence-electron chi connectivity index (χ1n) is 3.73. The minimum Gasteiger partial charge on any atom is -0.346 e. The number of hydrogen-bond acceptors (Lipinski definition) is 2. The molecule has 0 unspecified atom stereocenters. The molecule has 0 saturated heterocycles. The Labute approximate surface area is 88.3 Å². The quantitative estimate of drug-likeness (QED) is 0.447. The zero-order valence-electron chi connectivity index (χ0n) is 7.71. The van der Waals surface area contributed by atoms with E-state index in [2.05, 4.69) is 9.47 Å². The van der Waals surface area contributed by atoms with Crippen LogP contribution in [-0.2, 0) is 9.47 Å². The van der Waals surface area contributed by atoms with Crippen molar-refractivity contribution in [1.29, 1.82) is 0 Å². The molecule has 0 aromatic heterocycles. The third-order valence-corrected chi connectivity index (χ3v) is 1.18. The van der Waals surface area contributed by atoms with Gasteiger partial charge in [-0.1, -0.05) is 0 Å². The smallest absolute Gasteiger partial charge is 0.346 e. The van der Waals surface area contributed by atoms with Crippen molar-refractivity contribution in [2.75, 3.05) is 13.4 Å². The fourth-order valence-corrected chi connectivity index (χ4v) is 0.648. The van der Waals surface area contributed by atoms with E-state index < -0.39 is 38.0 Å². The van der Waals surface area contributed by atoms with Gasteiger partial charge >= 0.3 is 18.5 Å². The number of rotatable bonds is 4. The Morgan fingerprint density at radius 3 is 1.47 bits per heavy atom. The monoisotopic (exact) mass is 280 g/mol. The van der Waals surface area contributed by atoms with E-state index in [-0.39, 0.29) is 0 Å². The molecule has 2 nitrogen and oxygen atoms in total. The van der Waals surface area contributed by atoms with Crippen molar-refractivity contribution < 1.29 is 49.0 Å². The lowest BCUT2D eigenvalue weighted by molar-refractivity contribution is -0.338. The second kappa shape index (κ2) is 5.29.